The van der Waals surface area contributed by atoms with E-state index in [0.29, 0.717) is 0 Å². The zero-order valence-electron chi connectivity index (χ0n) is 8.68. The predicted molar refractivity (Wildman–Crippen MR) is 57.2 cm³/mol. The molecule has 2 N–H and O–H groups in total. The molecule has 0 heterocycles. The highest BCUT2D eigenvalue weighted by molar-refractivity contribution is 7.89. The smallest absolute Gasteiger partial charge is 0.238 e. The third kappa shape index (κ3) is 2.65. The molecule has 1 aromatic rings. The maximum Gasteiger partial charge on any atom is 0.238 e. The number of benzene rings is 1. The number of primary sulfonamides is 1. The number of halogens is 1. The highest BCUT2D eigenvalue weighted by atomic mass is 32.2. The Balaban J connectivity index is 3.39. The van der Waals surface area contributed by atoms with Gasteiger partial charge in [0.1, 0.15) is 12.5 Å². The summed E-state index contributed by atoms with van der Waals surface area (Å²) in [6.07, 6.45) is 0. The molecule has 0 aliphatic rings. The van der Waals surface area contributed by atoms with Gasteiger partial charge in [0, 0.05) is 0 Å². The summed E-state index contributed by atoms with van der Waals surface area (Å²) in [5.41, 5.74) is 0.111. The Bertz CT molecular complexity index is 499. The predicted octanol–water partition coefficient (Wildman–Crippen LogP) is 0.976. The molecule has 0 radical (unpaired) electrons. The number of ketones is 1. The van der Waals surface area contributed by atoms with Gasteiger partial charge in [-0.25, -0.2) is 17.9 Å². The molecule has 16 heavy (non-hydrogen) atoms. The number of sulfonamides is 1. The number of carbonyl (C=O) groups is 1. The maximum atomic E-state index is 12.7. The standard InChI is InChI=1S/C10H12FNO3S/c1-7(13)9(6-11)8-4-2-3-5-10(8)16(12,14)15/h2-5,9H,6H2,1H3,(H2,12,14,15). The molecule has 0 aliphatic carbocycles. The summed E-state index contributed by atoms with van der Waals surface area (Å²) in [4.78, 5) is 11.0. The average Bonchev–Trinajstić information content (AvgIpc) is 2.17. The van der Waals surface area contributed by atoms with Gasteiger partial charge in [0.2, 0.25) is 10.0 Å². The number of Topliss-reactive ketones (excluding diaryl/α,β-unsaturated/α-hetero) is 1. The van der Waals surface area contributed by atoms with Gasteiger partial charge in [0.15, 0.2) is 0 Å². The largest absolute Gasteiger partial charge is 0.299 e. The molecule has 88 valence electrons. The van der Waals surface area contributed by atoms with Crippen molar-refractivity contribution in [2.24, 2.45) is 5.14 Å². The van der Waals surface area contributed by atoms with Crippen LogP contribution in [0.3, 0.4) is 0 Å². The van der Waals surface area contributed by atoms with E-state index in [2.05, 4.69) is 0 Å². The molecule has 1 aromatic carbocycles. The normalized spacial score (nSPS) is 13.4. The first-order chi connectivity index (χ1) is 7.38. The fraction of sp³-hybridized carbons (Fsp3) is 0.300. The van der Waals surface area contributed by atoms with E-state index < -0.39 is 28.4 Å². The van der Waals surface area contributed by atoms with Crippen LogP contribution in [0.15, 0.2) is 29.2 Å². The second-order valence-electron chi connectivity index (χ2n) is 3.40. The van der Waals surface area contributed by atoms with Crippen LogP contribution in [0, 0.1) is 0 Å². The minimum atomic E-state index is -3.94. The van der Waals surface area contributed by atoms with Crippen LogP contribution in [-0.4, -0.2) is 20.9 Å². The number of hydrogen-bond acceptors (Lipinski definition) is 3. The van der Waals surface area contributed by atoms with Crippen LogP contribution < -0.4 is 5.14 Å². The molecule has 0 saturated carbocycles. The number of nitrogens with two attached hydrogens (primary N) is 1. The van der Waals surface area contributed by atoms with Crippen LogP contribution in [-0.2, 0) is 14.8 Å². The summed E-state index contributed by atoms with van der Waals surface area (Å²) >= 11 is 0. The molecular formula is C10H12FNO3S. The van der Waals surface area contributed by atoms with Gasteiger partial charge in [0.05, 0.1) is 10.8 Å². The molecule has 0 aromatic heterocycles. The molecule has 1 unspecified atom stereocenters. The van der Waals surface area contributed by atoms with Crippen molar-refractivity contribution in [3.05, 3.63) is 29.8 Å². The van der Waals surface area contributed by atoms with Gasteiger partial charge >= 0.3 is 0 Å². The van der Waals surface area contributed by atoms with Gasteiger partial charge in [0.25, 0.3) is 0 Å². The van der Waals surface area contributed by atoms with E-state index in [1.54, 1.807) is 0 Å². The van der Waals surface area contributed by atoms with Crippen LogP contribution in [0.2, 0.25) is 0 Å². The van der Waals surface area contributed by atoms with E-state index in [1.165, 1.54) is 31.2 Å². The van der Waals surface area contributed by atoms with Gasteiger partial charge < -0.3 is 0 Å². The van der Waals surface area contributed by atoms with Crippen LogP contribution in [0.5, 0.6) is 0 Å². The molecule has 4 nitrogen and oxygen atoms in total. The summed E-state index contributed by atoms with van der Waals surface area (Å²) in [6, 6.07) is 5.66. The molecule has 0 fully saturated rings. The highest BCUT2D eigenvalue weighted by Gasteiger charge is 2.23. The Morgan fingerprint density at radius 1 is 1.44 bits per heavy atom. The molecular weight excluding hydrogens is 233 g/mol. The quantitative estimate of drug-likeness (QED) is 0.858. The molecule has 1 atom stereocenters. The van der Waals surface area contributed by atoms with Crippen molar-refractivity contribution in [1.82, 2.24) is 0 Å². The lowest BCUT2D eigenvalue weighted by Gasteiger charge is -2.13. The summed E-state index contributed by atoms with van der Waals surface area (Å²) in [6.45, 7) is 0.270. The number of alkyl halides is 1. The van der Waals surface area contributed by atoms with Crippen LogP contribution in [0.25, 0.3) is 0 Å². The molecule has 6 heteroatoms. The Morgan fingerprint density at radius 3 is 2.44 bits per heavy atom. The number of rotatable bonds is 4. The summed E-state index contributed by atoms with van der Waals surface area (Å²) in [5.74, 6) is -1.51. The van der Waals surface area contributed by atoms with Crippen LogP contribution >= 0.6 is 0 Å². The zero-order valence-corrected chi connectivity index (χ0v) is 9.50. The van der Waals surface area contributed by atoms with Crippen molar-refractivity contribution in [3.63, 3.8) is 0 Å². The van der Waals surface area contributed by atoms with Crippen molar-refractivity contribution in [3.8, 4) is 0 Å². The van der Waals surface area contributed by atoms with Gasteiger partial charge in [-0.1, -0.05) is 18.2 Å². The second-order valence-corrected chi connectivity index (χ2v) is 4.93. The lowest BCUT2D eigenvalue weighted by molar-refractivity contribution is -0.118. The monoisotopic (exact) mass is 245 g/mol. The Labute approximate surface area is 93.3 Å². The Hall–Kier alpha value is -1.27. The second kappa shape index (κ2) is 4.71. The Kier molecular flexibility index (Phi) is 3.77. The summed E-state index contributed by atoms with van der Waals surface area (Å²) < 4.78 is 35.2. The van der Waals surface area contributed by atoms with E-state index in [-0.39, 0.29) is 10.5 Å². The first-order valence-corrected chi connectivity index (χ1v) is 6.10. The topological polar surface area (TPSA) is 77.2 Å². The van der Waals surface area contributed by atoms with Gasteiger partial charge in [-0.3, -0.25) is 4.79 Å². The van der Waals surface area contributed by atoms with Crippen molar-refractivity contribution in [1.29, 1.82) is 0 Å². The third-order valence-electron chi connectivity index (χ3n) is 2.25. The van der Waals surface area contributed by atoms with Crippen LogP contribution in [0.4, 0.5) is 4.39 Å². The first kappa shape index (κ1) is 12.8. The zero-order chi connectivity index (χ0) is 12.3. The lowest BCUT2D eigenvalue weighted by Crippen LogP contribution is -2.19. The number of carbonyl (C=O) groups excluding carboxylic acids is 1. The summed E-state index contributed by atoms with van der Waals surface area (Å²) in [5, 5.41) is 4.99. The molecule has 1 rings (SSSR count). The van der Waals surface area contributed by atoms with E-state index in [0.717, 1.165) is 0 Å². The average molecular weight is 245 g/mol. The highest BCUT2D eigenvalue weighted by Crippen LogP contribution is 2.24. The molecule has 0 bridgehead atoms. The van der Waals surface area contributed by atoms with Gasteiger partial charge in [-0.15, -0.1) is 0 Å². The van der Waals surface area contributed by atoms with Crippen molar-refractivity contribution >= 4 is 15.8 Å². The lowest BCUT2D eigenvalue weighted by atomic mass is 9.97. The minimum absolute atomic E-state index is 0.111. The van der Waals surface area contributed by atoms with Crippen molar-refractivity contribution < 1.29 is 17.6 Å². The van der Waals surface area contributed by atoms with E-state index >= 15 is 0 Å². The molecule has 0 saturated heterocycles. The number of hydrogen-bond donors (Lipinski definition) is 1. The van der Waals surface area contributed by atoms with E-state index in [4.69, 9.17) is 5.14 Å². The molecule has 0 spiro atoms. The maximum absolute atomic E-state index is 12.7. The first-order valence-electron chi connectivity index (χ1n) is 4.56. The fourth-order valence-corrected chi connectivity index (χ4v) is 2.25. The fourth-order valence-electron chi connectivity index (χ4n) is 1.44. The third-order valence-corrected chi connectivity index (χ3v) is 3.23. The van der Waals surface area contributed by atoms with Crippen molar-refractivity contribution in [2.75, 3.05) is 6.67 Å². The minimum Gasteiger partial charge on any atom is -0.299 e. The Morgan fingerprint density at radius 2 is 2.00 bits per heavy atom. The summed E-state index contributed by atoms with van der Waals surface area (Å²) in [7, 11) is -3.94. The van der Waals surface area contributed by atoms with E-state index in [1.807, 2.05) is 0 Å². The van der Waals surface area contributed by atoms with Gasteiger partial charge in [-0.2, -0.15) is 0 Å². The van der Waals surface area contributed by atoms with Crippen molar-refractivity contribution in [2.45, 2.75) is 17.7 Å². The molecule has 0 amide bonds. The van der Waals surface area contributed by atoms with Crippen LogP contribution in [0.1, 0.15) is 18.4 Å². The van der Waals surface area contributed by atoms with Gasteiger partial charge in [-0.05, 0) is 18.6 Å². The SMILES string of the molecule is CC(=O)C(CF)c1ccccc1S(N)(=O)=O. The molecule has 0 aliphatic heterocycles. The van der Waals surface area contributed by atoms with E-state index in [9.17, 15) is 17.6 Å².